The molecule has 13 heavy (non-hydrogen) atoms. The van der Waals surface area contributed by atoms with Crippen molar-refractivity contribution in [1.29, 1.82) is 0 Å². The van der Waals surface area contributed by atoms with E-state index >= 15 is 0 Å². The van der Waals surface area contributed by atoms with Gasteiger partial charge in [0.15, 0.2) is 0 Å². The Kier molecular flexibility index (Phi) is 2.64. The molecule has 0 amide bonds. The lowest BCUT2D eigenvalue weighted by Gasteiger charge is -2.15. The number of likely N-dealkylation sites (tertiary alicyclic amines) is 1. The smallest absolute Gasteiger partial charge is 0.0948 e. The second kappa shape index (κ2) is 3.92. The minimum atomic E-state index is 0.674. The van der Waals surface area contributed by atoms with Crippen LogP contribution in [0.4, 0.5) is 0 Å². The Labute approximate surface area is 79.4 Å². The van der Waals surface area contributed by atoms with Crippen molar-refractivity contribution < 1.29 is 0 Å². The Hall–Kier alpha value is -0.830. The lowest BCUT2D eigenvalue weighted by atomic mass is 10.1. The summed E-state index contributed by atoms with van der Waals surface area (Å²) in [7, 11) is 2.20. The first-order valence-corrected chi connectivity index (χ1v) is 5.02. The first-order chi connectivity index (χ1) is 6.36. The number of nitrogens with zero attached hydrogens (tertiary/aromatic N) is 3. The van der Waals surface area contributed by atoms with Gasteiger partial charge in [-0.05, 0) is 39.4 Å². The first kappa shape index (κ1) is 8.75. The van der Waals surface area contributed by atoms with Crippen LogP contribution in [0, 0.1) is 0 Å². The molecule has 1 saturated heterocycles. The summed E-state index contributed by atoms with van der Waals surface area (Å²) in [6.07, 6.45) is 9.74. The van der Waals surface area contributed by atoms with Gasteiger partial charge in [-0.15, -0.1) is 0 Å². The van der Waals surface area contributed by atoms with E-state index in [1.165, 1.54) is 32.4 Å². The largest absolute Gasteiger partial charge is 0.334 e. The molecule has 1 atom stereocenters. The molecule has 2 rings (SSSR count). The van der Waals surface area contributed by atoms with Gasteiger partial charge in [-0.3, -0.25) is 0 Å². The summed E-state index contributed by atoms with van der Waals surface area (Å²) >= 11 is 0. The average Bonchev–Trinajstić information content (AvgIpc) is 2.56. The van der Waals surface area contributed by atoms with Gasteiger partial charge in [-0.1, -0.05) is 0 Å². The third kappa shape index (κ3) is 2.10. The second-order valence-electron chi connectivity index (χ2n) is 3.90. The summed E-state index contributed by atoms with van der Waals surface area (Å²) in [6, 6.07) is 0.674. The highest BCUT2D eigenvalue weighted by atomic mass is 15.1. The molecule has 1 unspecified atom stereocenters. The van der Waals surface area contributed by atoms with Crippen molar-refractivity contribution in [3.05, 3.63) is 18.7 Å². The van der Waals surface area contributed by atoms with Crippen LogP contribution >= 0.6 is 0 Å². The van der Waals surface area contributed by atoms with Gasteiger partial charge in [0, 0.05) is 18.4 Å². The molecule has 1 aromatic rings. The monoisotopic (exact) mass is 179 g/mol. The molecule has 1 aliphatic heterocycles. The molecular formula is C10H17N3. The van der Waals surface area contributed by atoms with E-state index in [2.05, 4.69) is 27.7 Å². The molecule has 3 nitrogen and oxygen atoms in total. The molecule has 0 saturated carbocycles. The molecule has 1 aromatic heterocycles. The van der Waals surface area contributed by atoms with Crippen molar-refractivity contribution in [3.63, 3.8) is 0 Å². The number of rotatable bonds is 1. The van der Waals surface area contributed by atoms with Gasteiger partial charge in [0.2, 0.25) is 0 Å². The highest BCUT2D eigenvalue weighted by Gasteiger charge is 2.15. The molecule has 0 N–H and O–H groups in total. The van der Waals surface area contributed by atoms with Gasteiger partial charge in [-0.25, -0.2) is 4.98 Å². The van der Waals surface area contributed by atoms with Crippen LogP contribution in [0.25, 0.3) is 0 Å². The fraction of sp³-hybridized carbons (Fsp3) is 0.700. The molecule has 0 radical (unpaired) electrons. The second-order valence-corrected chi connectivity index (χ2v) is 3.90. The maximum absolute atomic E-state index is 4.10. The zero-order valence-corrected chi connectivity index (χ0v) is 8.19. The summed E-state index contributed by atoms with van der Waals surface area (Å²) in [5.41, 5.74) is 0. The Bertz CT molecular complexity index is 243. The molecule has 1 fully saturated rings. The Balaban J connectivity index is 2.00. The maximum Gasteiger partial charge on any atom is 0.0948 e. The van der Waals surface area contributed by atoms with E-state index in [4.69, 9.17) is 0 Å². The SMILES string of the molecule is CN1CCCC(n2ccnc2)CC1. The van der Waals surface area contributed by atoms with Crippen molar-refractivity contribution in [3.8, 4) is 0 Å². The zero-order valence-electron chi connectivity index (χ0n) is 8.19. The zero-order chi connectivity index (χ0) is 9.10. The van der Waals surface area contributed by atoms with Crippen LogP contribution in [0.3, 0.4) is 0 Å². The van der Waals surface area contributed by atoms with Gasteiger partial charge in [0.05, 0.1) is 6.33 Å². The van der Waals surface area contributed by atoms with E-state index in [1.807, 2.05) is 12.5 Å². The number of hydrogen-bond donors (Lipinski definition) is 0. The Morgan fingerprint density at radius 2 is 2.23 bits per heavy atom. The lowest BCUT2D eigenvalue weighted by Crippen LogP contribution is -2.19. The third-order valence-corrected chi connectivity index (χ3v) is 2.87. The molecule has 72 valence electrons. The number of hydrogen-bond acceptors (Lipinski definition) is 2. The van der Waals surface area contributed by atoms with Crippen LogP contribution < -0.4 is 0 Å². The fourth-order valence-corrected chi connectivity index (χ4v) is 2.01. The highest BCUT2D eigenvalue weighted by molar-refractivity contribution is 4.82. The Morgan fingerprint density at radius 3 is 3.00 bits per heavy atom. The van der Waals surface area contributed by atoms with Gasteiger partial charge in [0.25, 0.3) is 0 Å². The average molecular weight is 179 g/mol. The molecule has 2 heterocycles. The van der Waals surface area contributed by atoms with Gasteiger partial charge >= 0.3 is 0 Å². The number of aromatic nitrogens is 2. The van der Waals surface area contributed by atoms with Crippen molar-refractivity contribution in [2.75, 3.05) is 20.1 Å². The van der Waals surface area contributed by atoms with Crippen LogP contribution in [0.5, 0.6) is 0 Å². The highest BCUT2D eigenvalue weighted by Crippen LogP contribution is 2.21. The molecule has 0 bridgehead atoms. The van der Waals surface area contributed by atoms with Crippen LogP contribution in [-0.2, 0) is 0 Å². The van der Waals surface area contributed by atoms with Crippen molar-refractivity contribution in [2.45, 2.75) is 25.3 Å². The molecule has 3 heteroatoms. The van der Waals surface area contributed by atoms with Gasteiger partial charge in [0.1, 0.15) is 0 Å². The summed E-state index contributed by atoms with van der Waals surface area (Å²) in [4.78, 5) is 6.51. The van der Waals surface area contributed by atoms with Gasteiger partial charge in [-0.2, -0.15) is 0 Å². The molecule has 1 aliphatic rings. The summed E-state index contributed by atoms with van der Waals surface area (Å²) < 4.78 is 2.25. The fourth-order valence-electron chi connectivity index (χ4n) is 2.01. The van der Waals surface area contributed by atoms with Crippen molar-refractivity contribution >= 4 is 0 Å². The number of imidazole rings is 1. The molecular weight excluding hydrogens is 162 g/mol. The maximum atomic E-state index is 4.10. The van der Waals surface area contributed by atoms with E-state index in [1.54, 1.807) is 0 Å². The van der Waals surface area contributed by atoms with Crippen molar-refractivity contribution in [1.82, 2.24) is 14.5 Å². The van der Waals surface area contributed by atoms with Crippen LogP contribution in [0.15, 0.2) is 18.7 Å². The standard InChI is InChI=1S/C10H17N3/c1-12-6-2-3-10(4-7-12)13-8-5-11-9-13/h5,8-10H,2-4,6-7H2,1H3. The van der Waals surface area contributed by atoms with E-state index in [0.717, 1.165) is 0 Å². The quantitative estimate of drug-likeness (QED) is 0.652. The minimum absolute atomic E-state index is 0.674. The predicted molar refractivity (Wildman–Crippen MR) is 52.6 cm³/mol. The van der Waals surface area contributed by atoms with E-state index in [0.29, 0.717) is 6.04 Å². The van der Waals surface area contributed by atoms with Crippen LogP contribution in [0.2, 0.25) is 0 Å². The van der Waals surface area contributed by atoms with Crippen LogP contribution in [-0.4, -0.2) is 34.6 Å². The third-order valence-electron chi connectivity index (χ3n) is 2.87. The molecule has 0 spiro atoms. The Morgan fingerprint density at radius 1 is 1.31 bits per heavy atom. The predicted octanol–water partition coefficient (Wildman–Crippen LogP) is 1.54. The van der Waals surface area contributed by atoms with E-state index < -0.39 is 0 Å². The van der Waals surface area contributed by atoms with E-state index in [-0.39, 0.29) is 0 Å². The topological polar surface area (TPSA) is 21.1 Å². The van der Waals surface area contributed by atoms with Crippen LogP contribution in [0.1, 0.15) is 25.3 Å². The first-order valence-electron chi connectivity index (χ1n) is 5.02. The summed E-state index contributed by atoms with van der Waals surface area (Å²) in [5.74, 6) is 0. The minimum Gasteiger partial charge on any atom is -0.334 e. The normalized spacial score (nSPS) is 25.8. The van der Waals surface area contributed by atoms with Crippen molar-refractivity contribution in [2.24, 2.45) is 0 Å². The van der Waals surface area contributed by atoms with E-state index in [9.17, 15) is 0 Å². The molecule has 0 aromatic carbocycles. The molecule has 0 aliphatic carbocycles. The summed E-state index contributed by atoms with van der Waals surface area (Å²) in [6.45, 7) is 2.45. The lowest BCUT2D eigenvalue weighted by molar-refractivity contribution is 0.341. The van der Waals surface area contributed by atoms with Gasteiger partial charge < -0.3 is 9.47 Å². The summed E-state index contributed by atoms with van der Waals surface area (Å²) in [5, 5.41) is 0.